The maximum atomic E-state index is 12.0. The topological polar surface area (TPSA) is 63.4 Å². The number of nitrogen functional groups attached to an aromatic ring is 1. The molecule has 0 saturated carbocycles. The lowest BCUT2D eigenvalue weighted by Crippen LogP contribution is -2.28. The number of sulfonamides is 1. The second kappa shape index (κ2) is 4.67. The number of anilines is 1. The maximum Gasteiger partial charge on any atom is 0.243 e. The van der Waals surface area contributed by atoms with Crippen LogP contribution in [0.3, 0.4) is 0 Å². The van der Waals surface area contributed by atoms with Gasteiger partial charge in [-0.25, -0.2) is 8.42 Å². The zero-order chi connectivity index (χ0) is 12.3. The summed E-state index contributed by atoms with van der Waals surface area (Å²) in [5.41, 5.74) is 6.84. The Hall–Kier alpha value is -1.33. The molecule has 88 valence electrons. The molecule has 5 heteroatoms. The van der Waals surface area contributed by atoms with Gasteiger partial charge in [-0.1, -0.05) is 12.2 Å². The van der Waals surface area contributed by atoms with Crippen LogP contribution in [0.1, 0.15) is 6.92 Å². The van der Waals surface area contributed by atoms with Crippen molar-refractivity contribution in [1.82, 2.24) is 4.31 Å². The van der Waals surface area contributed by atoms with Crippen LogP contribution in [-0.4, -0.2) is 26.3 Å². The van der Waals surface area contributed by atoms with E-state index in [1.165, 1.54) is 23.5 Å². The predicted molar refractivity (Wildman–Crippen MR) is 65.5 cm³/mol. The lowest BCUT2D eigenvalue weighted by molar-refractivity contribution is 0.493. The minimum Gasteiger partial charge on any atom is -0.399 e. The molecule has 1 aromatic carbocycles. The molecule has 2 N–H and O–H groups in total. The summed E-state index contributed by atoms with van der Waals surface area (Å²) >= 11 is 0. The monoisotopic (exact) mass is 240 g/mol. The van der Waals surface area contributed by atoms with E-state index in [-0.39, 0.29) is 4.90 Å². The van der Waals surface area contributed by atoms with Gasteiger partial charge >= 0.3 is 0 Å². The van der Waals surface area contributed by atoms with Crippen LogP contribution in [0, 0.1) is 0 Å². The molecule has 0 aliphatic carbocycles. The Morgan fingerprint density at radius 2 is 1.88 bits per heavy atom. The van der Waals surface area contributed by atoms with Crippen LogP contribution in [0.2, 0.25) is 0 Å². The van der Waals surface area contributed by atoms with Crippen LogP contribution in [-0.2, 0) is 10.0 Å². The molecular weight excluding hydrogens is 224 g/mol. The van der Waals surface area contributed by atoms with Gasteiger partial charge in [-0.2, -0.15) is 4.31 Å². The Morgan fingerprint density at radius 3 is 2.31 bits per heavy atom. The Kier molecular flexibility index (Phi) is 3.72. The standard InChI is InChI=1S/C11H16N2O2S/c1-9(2)8-13(3)16(14,15)11-6-4-10(12)5-7-11/h4-7H,1,8,12H2,2-3H3. The normalized spacial score (nSPS) is 11.7. The van der Waals surface area contributed by atoms with Gasteiger partial charge in [0.15, 0.2) is 0 Å². The minimum atomic E-state index is -3.43. The van der Waals surface area contributed by atoms with Crippen molar-refractivity contribution < 1.29 is 8.42 Å². The Bertz CT molecular complexity index is 477. The molecule has 0 radical (unpaired) electrons. The number of hydrogen-bond acceptors (Lipinski definition) is 3. The summed E-state index contributed by atoms with van der Waals surface area (Å²) in [6, 6.07) is 6.14. The van der Waals surface area contributed by atoms with Gasteiger partial charge in [-0.05, 0) is 31.2 Å². The highest BCUT2D eigenvalue weighted by atomic mass is 32.2. The summed E-state index contributed by atoms with van der Waals surface area (Å²) in [6.07, 6.45) is 0. The summed E-state index contributed by atoms with van der Waals surface area (Å²) in [6.45, 7) is 5.79. The number of benzene rings is 1. The quantitative estimate of drug-likeness (QED) is 0.640. The molecule has 0 aliphatic rings. The predicted octanol–water partition coefficient (Wildman–Crippen LogP) is 1.47. The van der Waals surface area contributed by atoms with Crippen molar-refractivity contribution in [2.45, 2.75) is 11.8 Å². The summed E-state index contributed by atoms with van der Waals surface area (Å²) in [5, 5.41) is 0. The summed E-state index contributed by atoms with van der Waals surface area (Å²) in [7, 11) is -1.91. The highest BCUT2D eigenvalue weighted by molar-refractivity contribution is 7.89. The van der Waals surface area contributed by atoms with Gasteiger partial charge in [0.2, 0.25) is 10.0 Å². The van der Waals surface area contributed by atoms with Crippen LogP contribution in [0.5, 0.6) is 0 Å². The second-order valence-corrected chi connectivity index (χ2v) is 5.83. The molecular formula is C11H16N2O2S. The van der Waals surface area contributed by atoms with E-state index in [4.69, 9.17) is 5.73 Å². The summed E-state index contributed by atoms with van der Waals surface area (Å²) < 4.78 is 25.3. The van der Waals surface area contributed by atoms with E-state index in [1.54, 1.807) is 19.1 Å². The zero-order valence-corrected chi connectivity index (χ0v) is 10.3. The zero-order valence-electron chi connectivity index (χ0n) is 9.47. The van der Waals surface area contributed by atoms with Crippen molar-refractivity contribution in [3.63, 3.8) is 0 Å². The molecule has 0 heterocycles. The molecule has 0 fully saturated rings. The van der Waals surface area contributed by atoms with Gasteiger partial charge in [0.1, 0.15) is 0 Å². The molecule has 0 bridgehead atoms. The number of nitrogens with two attached hydrogens (primary N) is 1. The van der Waals surface area contributed by atoms with E-state index < -0.39 is 10.0 Å². The molecule has 1 aromatic rings. The SMILES string of the molecule is C=C(C)CN(C)S(=O)(=O)c1ccc(N)cc1. The van der Waals surface area contributed by atoms with Crippen molar-refractivity contribution in [2.24, 2.45) is 0 Å². The lowest BCUT2D eigenvalue weighted by Gasteiger charge is -2.17. The Labute approximate surface area is 96.4 Å². The average Bonchev–Trinajstić information content (AvgIpc) is 2.17. The van der Waals surface area contributed by atoms with E-state index in [1.807, 2.05) is 0 Å². The Balaban J connectivity index is 3.02. The minimum absolute atomic E-state index is 0.241. The van der Waals surface area contributed by atoms with Gasteiger partial charge in [-0.15, -0.1) is 0 Å². The molecule has 0 atom stereocenters. The van der Waals surface area contributed by atoms with E-state index in [0.717, 1.165) is 5.57 Å². The van der Waals surface area contributed by atoms with Crippen molar-refractivity contribution in [3.8, 4) is 0 Å². The molecule has 16 heavy (non-hydrogen) atoms. The third-order valence-corrected chi connectivity index (χ3v) is 3.90. The van der Waals surface area contributed by atoms with Crippen molar-refractivity contribution in [2.75, 3.05) is 19.3 Å². The number of hydrogen-bond donors (Lipinski definition) is 1. The average molecular weight is 240 g/mol. The van der Waals surface area contributed by atoms with E-state index in [2.05, 4.69) is 6.58 Å². The molecule has 0 saturated heterocycles. The Morgan fingerprint density at radius 1 is 1.38 bits per heavy atom. The summed E-state index contributed by atoms with van der Waals surface area (Å²) in [4.78, 5) is 0.241. The van der Waals surface area contributed by atoms with Crippen LogP contribution in [0.4, 0.5) is 5.69 Å². The smallest absolute Gasteiger partial charge is 0.243 e. The highest BCUT2D eigenvalue weighted by Crippen LogP contribution is 2.16. The number of nitrogens with zero attached hydrogens (tertiary/aromatic N) is 1. The van der Waals surface area contributed by atoms with Crippen LogP contribution in [0.15, 0.2) is 41.3 Å². The fourth-order valence-corrected chi connectivity index (χ4v) is 2.52. The van der Waals surface area contributed by atoms with Crippen LogP contribution < -0.4 is 5.73 Å². The molecule has 0 aliphatic heterocycles. The molecule has 1 rings (SSSR count). The van der Waals surface area contributed by atoms with Gasteiger partial charge in [0, 0.05) is 19.3 Å². The van der Waals surface area contributed by atoms with Gasteiger partial charge in [0.25, 0.3) is 0 Å². The van der Waals surface area contributed by atoms with Gasteiger partial charge in [0.05, 0.1) is 4.90 Å². The highest BCUT2D eigenvalue weighted by Gasteiger charge is 2.19. The van der Waals surface area contributed by atoms with Gasteiger partial charge < -0.3 is 5.73 Å². The fourth-order valence-electron chi connectivity index (χ4n) is 1.28. The van der Waals surface area contributed by atoms with Crippen molar-refractivity contribution in [3.05, 3.63) is 36.4 Å². The molecule has 4 nitrogen and oxygen atoms in total. The largest absolute Gasteiger partial charge is 0.399 e. The van der Waals surface area contributed by atoms with E-state index in [9.17, 15) is 8.42 Å². The van der Waals surface area contributed by atoms with Crippen LogP contribution in [0.25, 0.3) is 0 Å². The maximum absolute atomic E-state index is 12.0. The first-order valence-corrected chi connectivity index (χ1v) is 6.24. The second-order valence-electron chi connectivity index (χ2n) is 3.79. The molecule has 0 unspecified atom stereocenters. The summed E-state index contributed by atoms with van der Waals surface area (Å²) in [5.74, 6) is 0. The van der Waals surface area contributed by atoms with E-state index in [0.29, 0.717) is 12.2 Å². The first kappa shape index (κ1) is 12.7. The number of rotatable bonds is 4. The fraction of sp³-hybridized carbons (Fsp3) is 0.273. The van der Waals surface area contributed by atoms with E-state index >= 15 is 0 Å². The lowest BCUT2D eigenvalue weighted by atomic mass is 10.3. The molecule has 0 amide bonds. The van der Waals surface area contributed by atoms with Crippen LogP contribution >= 0.6 is 0 Å². The number of likely N-dealkylation sites (N-methyl/N-ethyl adjacent to an activating group) is 1. The van der Waals surface area contributed by atoms with Gasteiger partial charge in [-0.3, -0.25) is 0 Å². The molecule has 0 aromatic heterocycles. The molecule has 0 spiro atoms. The first-order chi connectivity index (χ1) is 7.34. The third kappa shape index (κ3) is 2.84. The van der Waals surface area contributed by atoms with Crippen molar-refractivity contribution >= 4 is 15.7 Å². The van der Waals surface area contributed by atoms with Crippen molar-refractivity contribution in [1.29, 1.82) is 0 Å². The third-order valence-electron chi connectivity index (χ3n) is 2.08. The first-order valence-electron chi connectivity index (χ1n) is 4.80.